The van der Waals surface area contributed by atoms with Crippen molar-refractivity contribution in [2.24, 2.45) is 0 Å². The van der Waals surface area contributed by atoms with Crippen molar-refractivity contribution in [3.05, 3.63) is 39.0 Å². The fraction of sp³-hybridized carbons (Fsp3) is 0.375. The highest BCUT2D eigenvalue weighted by Gasteiger charge is 2.15. The highest BCUT2D eigenvalue weighted by atomic mass is 79.9. The van der Waals surface area contributed by atoms with E-state index in [2.05, 4.69) is 67.7 Å². The summed E-state index contributed by atoms with van der Waals surface area (Å²) in [5.74, 6) is 1.49. The number of nitrogen functional groups attached to an aromatic ring is 1. The van der Waals surface area contributed by atoms with Crippen molar-refractivity contribution in [1.29, 1.82) is 0 Å². The summed E-state index contributed by atoms with van der Waals surface area (Å²) in [7, 11) is 0. The maximum absolute atomic E-state index is 6.02. The van der Waals surface area contributed by atoms with Crippen molar-refractivity contribution >= 4 is 21.7 Å². The summed E-state index contributed by atoms with van der Waals surface area (Å²) < 4.78 is 0.803. The second kappa shape index (κ2) is 5.52. The van der Waals surface area contributed by atoms with Crippen molar-refractivity contribution < 1.29 is 0 Å². The first-order valence-electron chi connectivity index (χ1n) is 6.72. The molecule has 0 spiro atoms. The lowest BCUT2D eigenvalue weighted by atomic mass is 10.00. The minimum atomic E-state index is 0.292. The predicted molar refractivity (Wildman–Crippen MR) is 87.9 cm³/mol. The van der Waals surface area contributed by atoms with Crippen LogP contribution in [0.1, 0.15) is 42.1 Å². The first-order valence-corrected chi connectivity index (χ1v) is 7.51. The Hall–Kier alpha value is -1.42. The first kappa shape index (κ1) is 15.0. The van der Waals surface area contributed by atoms with Gasteiger partial charge >= 0.3 is 0 Å². The lowest BCUT2D eigenvalue weighted by Crippen LogP contribution is -2.05. The van der Waals surface area contributed by atoms with Gasteiger partial charge in [-0.1, -0.05) is 19.9 Å². The molecule has 1 aromatic carbocycles. The van der Waals surface area contributed by atoms with Crippen LogP contribution in [0, 0.1) is 20.8 Å². The lowest BCUT2D eigenvalue weighted by Gasteiger charge is -2.14. The summed E-state index contributed by atoms with van der Waals surface area (Å²) in [6.45, 7) is 10.5. The van der Waals surface area contributed by atoms with E-state index >= 15 is 0 Å². The van der Waals surface area contributed by atoms with Crippen LogP contribution < -0.4 is 5.73 Å². The van der Waals surface area contributed by atoms with Gasteiger partial charge in [0.1, 0.15) is 5.82 Å². The van der Waals surface area contributed by atoms with Gasteiger partial charge in [-0.15, -0.1) is 0 Å². The Morgan fingerprint density at radius 3 is 2.20 bits per heavy atom. The monoisotopic (exact) mass is 333 g/mol. The number of nitrogens with zero attached hydrogens (tertiary/aromatic N) is 2. The van der Waals surface area contributed by atoms with Gasteiger partial charge in [-0.25, -0.2) is 9.97 Å². The number of aryl methyl sites for hydroxylation is 3. The minimum Gasteiger partial charge on any atom is -0.383 e. The fourth-order valence-electron chi connectivity index (χ4n) is 2.19. The van der Waals surface area contributed by atoms with Crippen LogP contribution in [0.15, 0.2) is 16.6 Å². The van der Waals surface area contributed by atoms with E-state index in [1.807, 2.05) is 0 Å². The predicted octanol–water partition coefficient (Wildman–Crippen LogP) is 4.54. The molecule has 0 saturated heterocycles. The zero-order valence-corrected chi connectivity index (χ0v) is 14.2. The van der Waals surface area contributed by atoms with E-state index in [0.29, 0.717) is 17.6 Å². The van der Waals surface area contributed by atoms with Gasteiger partial charge < -0.3 is 5.73 Å². The Morgan fingerprint density at radius 2 is 1.60 bits per heavy atom. The maximum atomic E-state index is 6.02. The topological polar surface area (TPSA) is 51.8 Å². The lowest BCUT2D eigenvalue weighted by molar-refractivity contribution is 0.811. The maximum Gasteiger partial charge on any atom is 0.162 e. The zero-order chi connectivity index (χ0) is 15.0. The van der Waals surface area contributed by atoms with Crippen molar-refractivity contribution in [2.75, 3.05) is 5.73 Å². The molecule has 1 aromatic heterocycles. The van der Waals surface area contributed by atoms with Crippen LogP contribution in [-0.2, 0) is 0 Å². The Morgan fingerprint density at radius 1 is 1.00 bits per heavy atom. The van der Waals surface area contributed by atoms with Gasteiger partial charge in [-0.2, -0.15) is 0 Å². The number of anilines is 1. The summed E-state index contributed by atoms with van der Waals surface area (Å²) >= 11 is 3.48. The zero-order valence-electron chi connectivity index (χ0n) is 12.6. The summed E-state index contributed by atoms with van der Waals surface area (Å²) in [5, 5.41) is 0. The third-order valence-electron chi connectivity index (χ3n) is 3.53. The highest BCUT2D eigenvalue weighted by molar-refractivity contribution is 9.10. The number of hydrogen-bond donors (Lipinski definition) is 1. The van der Waals surface area contributed by atoms with E-state index in [1.54, 1.807) is 0 Å². The Kier molecular flexibility index (Phi) is 4.14. The molecule has 0 radical (unpaired) electrons. The number of benzene rings is 1. The second-order valence-corrected chi connectivity index (χ2v) is 6.33. The van der Waals surface area contributed by atoms with Crippen LogP contribution in [0.3, 0.4) is 0 Å². The van der Waals surface area contributed by atoms with Crippen LogP contribution in [0.25, 0.3) is 11.4 Å². The molecular weight excluding hydrogens is 314 g/mol. The number of rotatable bonds is 2. The number of halogens is 1. The largest absolute Gasteiger partial charge is 0.383 e. The third kappa shape index (κ3) is 2.70. The van der Waals surface area contributed by atoms with Gasteiger partial charge in [0, 0.05) is 5.56 Å². The first-order chi connectivity index (χ1) is 9.31. The summed E-state index contributed by atoms with van der Waals surface area (Å²) in [6, 6.07) is 4.30. The average molecular weight is 334 g/mol. The molecule has 20 heavy (non-hydrogen) atoms. The van der Waals surface area contributed by atoms with Crippen molar-refractivity contribution in [3.63, 3.8) is 0 Å². The molecule has 0 fully saturated rings. The Labute approximate surface area is 128 Å². The Bertz CT molecular complexity index is 663. The van der Waals surface area contributed by atoms with Gasteiger partial charge in [0.25, 0.3) is 0 Å². The van der Waals surface area contributed by atoms with Gasteiger partial charge in [0.2, 0.25) is 0 Å². The molecule has 0 aliphatic heterocycles. The molecule has 1 heterocycles. The van der Waals surface area contributed by atoms with Crippen LogP contribution in [-0.4, -0.2) is 9.97 Å². The average Bonchev–Trinajstić information content (AvgIpc) is 2.36. The summed E-state index contributed by atoms with van der Waals surface area (Å²) in [6.07, 6.45) is 0. The van der Waals surface area contributed by atoms with Crippen molar-refractivity contribution in [1.82, 2.24) is 9.97 Å². The normalized spacial score (nSPS) is 11.2. The van der Waals surface area contributed by atoms with Crippen molar-refractivity contribution in [3.8, 4) is 11.4 Å². The minimum absolute atomic E-state index is 0.292. The van der Waals surface area contributed by atoms with E-state index < -0.39 is 0 Å². The summed E-state index contributed by atoms with van der Waals surface area (Å²) in [4.78, 5) is 9.13. The number of hydrogen-bond acceptors (Lipinski definition) is 3. The summed E-state index contributed by atoms with van der Waals surface area (Å²) in [5.41, 5.74) is 11.7. The molecule has 0 aliphatic rings. The quantitative estimate of drug-likeness (QED) is 0.877. The molecule has 2 N–H and O–H groups in total. The standard InChI is InChI=1S/C16H20BrN3/c1-8(2)14-13(17)15(18)20-16(19-14)12-7-10(4)9(3)6-11(12)5/h6-8H,1-5H3,(H2,18,19,20). The van der Waals surface area contributed by atoms with Crippen LogP contribution in [0.5, 0.6) is 0 Å². The molecule has 2 aromatic rings. The van der Waals surface area contributed by atoms with Crippen LogP contribution >= 0.6 is 15.9 Å². The molecule has 0 aliphatic carbocycles. The molecule has 0 unspecified atom stereocenters. The van der Waals surface area contributed by atoms with Crippen molar-refractivity contribution in [2.45, 2.75) is 40.5 Å². The second-order valence-electron chi connectivity index (χ2n) is 5.54. The molecule has 2 rings (SSSR count). The van der Waals surface area contributed by atoms with Crippen LogP contribution in [0.4, 0.5) is 5.82 Å². The molecule has 4 heteroatoms. The van der Waals surface area contributed by atoms with Gasteiger partial charge in [-0.3, -0.25) is 0 Å². The van der Waals surface area contributed by atoms with Gasteiger partial charge in [-0.05, 0) is 65.4 Å². The highest BCUT2D eigenvalue weighted by Crippen LogP contribution is 2.31. The van der Waals surface area contributed by atoms with Gasteiger partial charge in [0.15, 0.2) is 5.82 Å². The van der Waals surface area contributed by atoms with E-state index in [1.165, 1.54) is 16.7 Å². The van der Waals surface area contributed by atoms with Gasteiger partial charge in [0.05, 0.1) is 10.2 Å². The molecule has 3 nitrogen and oxygen atoms in total. The third-order valence-corrected chi connectivity index (χ3v) is 4.34. The SMILES string of the molecule is Cc1cc(C)c(-c2nc(N)c(Br)c(C(C)C)n2)cc1C. The molecule has 0 atom stereocenters. The van der Waals surface area contributed by atoms with E-state index in [0.717, 1.165) is 15.7 Å². The number of nitrogens with two attached hydrogens (primary N) is 1. The number of aromatic nitrogens is 2. The molecule has 0 saturated carbocycles. The van der Waals surface area contributed by atoms with E-state index in [4.69, 9.17) is 10.7 Å². The molecule has 0 bridgehead atoms. The fourth-order valence-corrected chi connectivity index (χ4v) is 2.82. The van der Waals surface area contributed by atoms with E-state index in [9.17, 15) is 0 Å². The molecular formula is C16H20BrN3. The van der Waals surface area contributed by atoms with E-state index in [-0.39, 0.29) is 0 Å². The smallest absolute Gasteiger partial charge is 0.162 e. The molecule has 106 valence electrons. The molecule has 0 amide bonds. The Balaban J connectivity index is 2.67. The van der Waals surface area contributed by atoms with Crippen LogP contribution in [0.2, 0.25) is 0 Å².